The lowest BCUT2D eigenvalue weighted by molar-refractivity contribution is -0.115. The maximum atomic E-state index is 12.1. The van der Waals surface area contributed by atoms with Crippen molar-refractivity contribution < 1.29 is 13.2 Å². The second-order valence-corrected chi connectivity index (χ2v) is 7.47. The highest BCUT2D eigenvalue weighted by Gasteiger charge is 2.16. The largest absolute Gasteiger partial charge is 0.326 e. The lowest BCUT2D eigenvalue weighted by Gasteiger charge is -2.06. The van der Waals surface area contributed by atoms with E-state index in [2.05, 4.69) is 21.2 Å². The Hall–Kier alpha value is -1.66. The molecular formula is C15H14BrNO3S. The fourth-order valence-electron chi connectivity index (χ4n) is 1.76. The number of anilines is 1. The van der Waals surface area contributed by atoms with E-state index in [9.17, 15) is 13.2 Å². The predicted octanol–water partition coefficient (Wildman–Crippen LogP) is 3.25. The van der Waals surface area contributed by atoms with Crippen LogP contribution in [0.3, 0.4) is 0 Å². The van der Waals surface area contributed by atoms with Gasteiger partial charge in [-0.25, -0.2) is 8.42 Å². The number of carbonyl (C=O) groups excluding carboxylic acids is 1. The molecule has 0 spiro atoms. The van der Waals surface area contributed by atoms with E-state index < -0.39 is 9.84 Å². The molecule has 0 aliphatic carbocycles. The van der Waals surface area contributed by atoms with Gasteiger partial charge >= 0.3 is 0 Å². The summed E-state index contributed by atoms with van der Waals surface area (Å²) in [4.78, 5) is 12.0. The molecule has 0 aliphatic heterocycles. The molecule has 0 fully saturated rings. The molecule has 0 saturated carbocycles. The summed E-state index contributed by atoms with van der Waals surface area (Å²) in [6.45, 7) is 0. The van der Waals surface area contributed by atoms with E-state index in [1.165, 1.54) is 12.1 Å². The predicted molar refractivity (Wildman–Crippen MR) is 85.9 cm³/mol. The van der Waals surface area contributed by atoms with Crippen LogP contribution in [0.1, 0.15) is 6.42 Å². The first-order valence-electron chi connectivity index (χ1n) is 6.30. The molecule has 1 amide bonds. The first kappa shape index (κ1) is 15.7. The third-order valence-corrected chi connectivity index (χ3v) is 5.03. The average Bonchev–Trinajstić information content (AvgIpc) is 2.46. The topological polar surface area (TPSA) is 63.2 Å². The number of hydrogen-bond acceptors (Lipinski definition) is 3. The van der Waals surface area contributed by atoms with Crippen molar-refractivity contribution >= 4 is 37.4 Å². The van der Waals surface area contributed by atoms with Crippen LogP contribution in [-0.4, -0.2) is 20.1 Å². The van der Waals surface area contributed by atoms with Crippen molar-refractivity contribution in [2.24, 2.45) is 0 Å². The van der Waals surface area contributed by atoms with Crippen LogP contribution in [0.5, 0.6) is 0 Å². The number of halogens is 1. The van der Waals surface area contributed by atoms with E-state index in [0.29, 0.717) is 5.69 Å². The van der Waals surface area contributed by atoms with Crippen molar-refractivity contribution in [3.8, 4) is 0 Å². The van der Waals surface area contributed by atoms with Crippen molar-refractivity contribution in [3.05, 3.63) is 59.1 Å². The molecule has 2 aromatic rings. The van der Waals surface area contributed by atoms with E-state index in [1.807, 2.05) is 6.07 Å². The zero-order valence-corrected chi connectivity index (χ0v) is 13.5. The lowest BCUT2D eigenvalue weighted by atomic mass is 10.3. The SMILES string of the molecule is O=C(CCS(=O)(=O)c1ccccc1)Nc1cccc(Br)c1. The number of hydrogen-bond donors (Lipinski definition) is 1. The third-order valence-electron chi connectivity index (χ3n) is 2.81. The second kappa shape index (κ2) is 6.87. The van der Waals surface area contributed by atoms with E-state index in [1.54, 1.807) is 36.4 Å². The van der Waals surface area contributed by atoms with Gasteiger partial charge in [-0.1, -0.05) is 40.2 Å². The Bertz CT molecular complexity index is 730. The number of sulfone groups is 1. The summed E-state index contributed by atoms with van der Waals surface area (Å²) in [5.41, 5.74) is 0.631. The highest BCUT2D eigenvalue weighted by Crippen LogP contribution is 2.16. The summed E-state index contributed by atoms with van der Waals surface area (Å²) in [7, 11) is -3.43. The number of nitrogens with one attached hydrogen (secondary N) is 1. The van der Waals surface area contributed by atoms with Crippen LogP contribution < -0.4 is 5.32 Å². The maximum Gasteiger partial charge on any atom is 0.225 e. The van der Waals surface area contributed by atoms with Crippen LogP contribution in [-0.2, 0) is 14.6 Å². The zero-order valence-electron chi connectivity index (χ0n) is 11.1. The van der Waals surface area contributed by atoms with Crippen LogP contribution in [0.25, 0.3) is 0 Å². The molecule has 2 aromatic carbocycles. The molecule has 0 heterocycles. The van der Waals surface area contributed by atoms with Crippen molar-refractivity contribution in [1.82, 2.24) is 0 Å². The number of carbonyl (C=O) groups is 1. The minimum absolute atomic E-state index is 0.0796. The minimum atomic E-state index is -3.43. The molecule has 0 bridgehead atoms. The Kier molecular flexibility index (Phi) is 5.14. The van der Waals surface area contributed by atoms with Crippen LogP contribution in [0, 0.1) is 0 Å². The van der Waals surface area contributed by atoms with E-state index in [4.69, 9.17) is 0 Å². The third kappa shape index (κ3) is 4.68. The molecule has 0 unspecified atom stereocenters. The van der Waals surface area contributed by atoms with Gasteiger partial charge in [0.2, 0.25) is 5.91 Å². The molecule has 0 atom stereocenters. The Balaban J connectivity index is 1.95. The average molecular weight is 368 g/mol. The van der Waals surface area contributed by atoms with Crippen LogP contribution in [0.15, 0.2) is 64.0 Å². The summed E-state index contributed by atoms with van der Waals surface area (Å²) < 4.78 is 25.0. The molecule has 0 radical (unpaired) electrons. The van der Waals surface area contributed by atoms with Gasteiger partial charge in [-0.3, -0.25) is 4.79 Å². The zero-order chi connectivity index (χ0) is 15.3. The first-order valence-corrected chi connectivity index (χ1v) is 8.75. The van der Waals surface area contributed by atoms with Gasteiger partial charge < -0.3 is 5.32 Å². The van der Waals surface area contributed by atoms with Crippen LogP contribution in [0.2, 0.25) is 0 Å². The van der Waals surface area contributed by atoms with E-state index >= 15 is 0 Å². The Morgan fingerprint density at radius 3 is 2.43 bits per heavy atom. The smallest absolute Gasteiger partial charge is 0.225 e. The van der Waals surface area contributed by atoms with Gasteiger partial charge in [-0.05, 0) is 30.3 Å². The second-order valence-electron chi connectivity index (χ2n) is 4.44. The molecular weight excluding hydrogens is 354 g/mol. The van der Waals surface area contributed by atoms with Crippen LogP contribution >= 0.6 is 15.9 Å². The molecule has 0 saturated heterocycles. The van der Waals surface area contributed by atoms with Gasteiger partial charge in [0.1, 0.15) is 0 Å². The Morgan fingerprint density at radius 1 is 1.05 bits per heavy atom. The van der Waals surface area contributed by atoms with E-state index in [-0.39, 0.29) is 23.0 Å². The van der Waals surface area contributed by atoms with Crippen molar-refractivity contribution in [1.29, 1.82) is 0 Å². The first-order chi connectivity index (χ1) is 9.97. The van der Waals surface area contributed by atoms with Crippen molar-refractivity contribution in [3.63, 3.8) is 0 Å². The summed E-state index contributed by atoms with van der Waals surface area (Å²) in [5.74, 6) is -0.538. The highest BCUT2D eigenvalue weighted by molar-refractivity contribution is 9.10. The number of amides is 1. The van der Waals surface area contributed by atoms with Gasteiger partial charge in [0.05, 0.1) is 10.6 Å². The van der Waals surface area contributed by atoms with Gasteiger partial charge in [-0.15, -0.1) is 0 Å². The minimum Gasteiger partial charge on any atom is -0.326 e. The number of rotatable bonds is 5. The van der Waals surface area contributed by atoms with Crippen LogP contribution in [0.4, 0.5) is 5.69 Å². The van der Waals surface area contributed by atoms with Gasteiger partial charge in [0.15, 0.2) is 9.84 Å². The van der Waals surface area contributed by atoms with E-state index in [0.717, 1.165) is 4.47 Å². The molecule has 6 heteroatoms. The van der Waals surface area contributed by atoms with Crippen molar-refractivity contribution in [2.75, 3.05) is 11.1 Å². The van der Waals surface area contributed by atoms with Gasteiger partial charge in [0.25, 0.3) is 0 Å². The summed E-state index contributed by atoms with van der Waals surface area (Å²) in [6, 6.07) is 15.3. The molecule has 1 N–H and O–H groups in total. The number of benzene rings is 2. The monoisotopic (exact) mass is 367 g/mol. The summed E-state index contributed by atoms with van der Waals surface area (Å²) in [5, 5.41) is 2.67. The lowest BCUT2D eigenvalue weighted by Crippen LogP contribution is -2.17. The molecule has 2 rings (SSSR count). The Morgan fingerprint density at radius 2 is 1.76 bits per heavy atom. The Labute approximate surface area is 132 Å². The maximum absolute atomic E-state index is 12.1. The molecule has 4 nitrogen and oxygen atoms in total. The fraction of sp³-hybridized carbons (Fsp3) is 0.133. The summed E-state index contributed by atoms with van der Waals surface area (Å²) >= 11 is 3.31. The highest BCUT2D eigenvalue weighted by atomic mass is 79.9. The quantitative estimate of drug-likeness (QED) is 0.881. The summed E-state index contributed by atoms with van der Waals surface area (Å²) in [6.07, 6.45) is -0.0796. The van der Waals surface area contributed by atoms with Gasteiger partial charge in [0, 0.05) is 16.6 Å². The fourth-order valence-corrected chi connectivity index (χ4v) is 3.42. The van der Waals surface area contributed by atoms with Crippen molar-refractivity contribution in [2.45, 2.75) is 11.3 Å². The van der Waals surface area contributed by atoms with Gasteiger partial charge in [-0.2, -0.15) is 0 Å². The normalized spacial score (nSPS) is 11.1. The molecule has 21 heavy (non-hydrogen) atoms. The molecule has 0 aromatic heterocycles. The molecule has 0 aliphatic rings. The molecule has 110 valence electrons. The standard InChI is InChI=1S/C15H14BrNO3S/c16-12-5-4-6-13(11-12)17-15(18)9-10-21(19,20)14-7-2-1-3-8-14/h1-8,11H,9-10H2,(H,17,18).